The van der Waals surface area contributed by atoms with E-state index >= 15 is 0 Å². The molecule has 0 aliphatic heterocycles. The summed E-state index contributed by atoms with van der Waals surface area (Å²) in [5.74, 6) is -0.953. The molecule has 1 N–H and O–H groups in total. The quantitative estimate of drug-likeness (QED) is 0.341. The summed E-state index contributed by atoms with van der Waals surface area (Å²) < 4.78 is 25.5. The first-order valence-corrected chi connectivity index (χ1v) is 11.5. The molecule has 6 heteroatoms. The lowest BCUT2D eigenvalue weighted by atomic mass is 10.0. The first kappa shape index (κ1) is 22.5. The second-order valence-corrected chi connectivity index (χ2v) is 8.40. The average molecular weight is 457 g/mol. The van der Waals surface area contributed by atoms with E-state index in [1.807, 2.05) is 66.7 Å². The monoisotopic (exact) mass is 456 g/mol. The van der Waals surface area contributed by atoms with Crippen LogP contribution in [0.25, 0.3) is 11.1 Å². The average Bonchev–Trinajstić information content (AvgIpc) is 2.84. The number of carboxylic acid groups (broad SMARTS) is 1. The van der Waals surface area contributed by atoms with Crippen molar-refractivity contribution in [3.8, 4) is 11.1 Å². The molecular weight excluding hydrogens is 434 g/mol. The summed E-state index contributed by atoms with van der Waals surface area (Å²) >= 11 is -2.49. The topological polar surface area (TPSA) is 80.7 Å². The van der Waals surface area contributed by atoms with Crippen LogP contribution in [0.5, 0.6) is 0 Å². The third-order valence-corrected chi connectivity index (χ3v) is 6.10. The molecule has 4 aromatic carbocycles. The van der Waals surface area contributed by atoms with E-state index in [1.165, 1.54) is 4.31 Å². The van der Waals surface area contributed by atoms with Gasteiger partial charge in [0.05, 0.1) is 28.2 Å². The molecule has 0 heterocycles. The van der Waals surface area contributed by atoms with E-state index in [4.69, 9.17) is 0 Å². The van der Waals surface area contributed by atoms with Gasteiger partial charge in [-0.2, -0.15) is 0 Å². The maximum atomic E-state index is 12.1. The zero-order valence-electron chi connectivity index (χ0n) is 17.8. The Morgan fingerprint density at radius 2 is 1.33 bits per heavy atom. The molecule has 0 saturated carbocycles. The van der Waals surface area contributed by atoms with Crippen molar-refractivity contribution < 1.29 is 18.7 Å². The zero-order valence-corrected chi connectivity index (χ0v) is 18.6. The molecule has 1 unspecified atom stereocenters. The SMILES string of the molecule is O=C(O)c1cccc(CCc2cccc(N(c3ccc(-c4ccccc4)cc3)S(=O)[O-])c2)c1. The van der Waals surface area contributed by atoms with Crippen LogP contribution < -0.4 is 4.31 Å². The van der Waals surface area contributed by atoms with Crippen molar-refractivity contribution in [1.29, 1.82) is 0 Å². The van der Waals surface area contributed by atoms with Crippen LogP contribution in [0.1, 0.15) is 21.5 Å². The lowest BCUT2D eigenvalue weighted by molar-refractivity contribution is 0.0696. The van der Waals surface area contributed by atoms with Crippen molar-refractivity contribution in [3.05, 3.63) is 120 Å². The van der Waals surface area contributed by atoms with Crippen molar-refractivity contribution in [2.45, 2.75) is 12.8 Å². The van der Waals surface area contributed by atoms with Gasteiger partial charge in [0.1, 0.15) is 0 Å². The molecule has 0 aliphatic carbocycles. The highest BCUT2D eigenvalue weighted by atomic mass is 32.2. The Labute approximate surface area is 195 Å². The van der Waals surface area contributed by atoms with Crippen molar-refractivity contribution in [1.82, 2.24) is 0 Å². The maximum Gasteiger partial charge on any atom is 0.335 e. The normalized spacial score (nSPS) is 11.7. The highest BCUT2D eigenvalue weighted by molar-refractivity contribution is 7.81. The van der Waals surface area contributed by atoms with Crippen LogP contribution in [-0.4, -0.2) is 19.8 Å². The van der Waals surface area contributed by atoms with E-state index in [0.717, 1.165) is 22.3 Å². The van der Waals surface area contributed by atoms with Crippen molar-refractivity contribution in [3.63, 3.8) is 0 Å². The maximum absolute atomic E-state index is 12.1. The minimum Gasteiger partial charge on any atom is -0.755 e. The van der Waals surface area contributed by atoms with Crippen LogP contribution in [0.2, 0.25) is 0 Å². The number of aromatic carboxylic acids is 1. The van der Waals surface area contributed by atoms with Crippen LogP contribution in [-0.2, 0) is 24.1 Å². The highest BCUT2D eigenvalue weighted by Gasteiger charge is 2.12. The Hall–Kier alpha value is -3.74. The van der Waals surface area contributed by atoms with Crippen molar-refractivity contribution in [2.24, 2.45) is 0 Å². The van der Waals surface area contributed by atoms with Gasteiger partial charge >= 0.3 is 5.97 Å². The van der Waals surface area contributed by atoms with Crippen molar-refractivity contribution >= 4 is 28.6 Å². The van der Waals surface area contributed by atoms with Gasteiger partial charge in [-0.15, -0.1) is 0 Å². The molecule has 0 fully saturated rings. The molecule has 5 nitrogen and oxygen atoms in total. The molecule has 33 heavy (non-hydrogen) atoms. The van der Waals surface area contributed by atoms with Crippen LogP contribution in [0.4, 0.5) is 11.4 Å². The zero-order chi connectivity index (χ0) is 23.2. The van der Waals surface area contributed by atoms with Crippen LogP contribution in [0, 0.1) is 0 Å². The molecule has 0 amide bonds. The highest BCUT2D eigenvalue weighted by Crippen LogP contribution is 2.30. The third kappa shape index (κ3) is 5.55. The minimum absolute atomic E-state index is 0.258. The fourth-order valence-corrected chi connectivity index (χ4v) is 4.31. The molecule has 0 bridgehead atoms. The smallest absolute Gasteiger partial charge is 0.335 e. The predicted octanol–water partition coefficient (Wildman–Crippen LogP) is 5.77. The van der Waals surface area contributed by atoms with Gasteiger partial charge in [0.25, 0.3) is 0 Å². The number of rotatable bonds is 8. The molecule has 0 spiro atoms. The molecule has 1 atom stereocenters. The van der Waals surface area contributed by atoms with Crippen molar-refractivity contribution in [2.75, 3.05) is 4.31 Å². The van der Waals surface area contributed by atoms with Gasteiger partial charge in [0.15, 0.2) is 0 Å². The van der Waals surface area contributed by atoms with Gasteiger partial charge in [0, 0.05) is 0 Å². The first-order chi connectivity index (χ1) is 16.0. The number of carbonyl (C=O) groups is 1. The summed E-state index contributed by atoms with van der Waals surface area (Å²) in [4.78, 5) is 11.2. The summed E-state index contributed by atoms with van der Waals surface area (Å²) in [7, 11) is 0. The second kappa shape index (κ2) is 10.3. The van der Waals surface area contributed by atoms with Gasteiger partial charge in [-0.25, -0.2) is 4.79 Å². The molecule has 4 rings (SSSR count). The second-order valence-electron chi connectivity index (χ2n) is 7.60. The summed E-state index contributed by atoms with van der Waals surface area (Å²) in [5, 5.41) is 9.17. The number of hydrogen-bond donors (Lipinski definition) is 1. The number of anilines is 2. The number of aryl methyl sites for hydroxylation is 2. The standard InChI is InChI=1S/C27H23NO4S/c29-27(30)24-10-4-6-20(18-24)12-13-21-7-5-11-26(19-21)28(33(31)32)25-16-14-23(15-17-25)22-8-2-1-3-9-22/h1-11,14-19H,12-13H2,(H,29,30)(H,31,32)/p-1. The van der Waals surface area contributed by atoms with Gasteiger partial charge < -0.3 is 9.66 Å². The van der Waals surface area contributed by atoms with Gasteiger partial charge in [-0.05, 0) is 71.5 Å². The summed E-state index contributed by atoms with van der Waals surface area (Å²) in [6, 6.07) is 31.5. The molecule has 4 aromatic rings. The molecule has 0 aromatic heterocycles. The fourth-order valence-electron chi connectivity index (χ4n) is 3.73. The van der Waals surface area contributed by atoms with Gasteiger partial charge in [0.2, 0.25) is 0 Å². The summed E-state index contributed by atoms with van der Waals surface area (Å²) in [6.45, 7) is 0. The van der Waals surface area contributed by atoms with E-state index < -0.39 is 17.2 Å². The summed E-state index contributed by atoms with van der Waals surface area (Å²) in [5.41, 5.74) is 5.31. The Morgan fingerprint density at radius 1 is 0.727 bits per heavy atom. The van der Waals surface area contributed by atoms with E-state index in [-0.39, 0.29) is 5.56 Å². The van der Waals surface area contributed by atoms with E-state index in [9.17, 15) is 18.7 Å². The Balaban J connectivity index is 1.54. The Morgan fingerprint density at radius 3 is 1.97 bits per heavy atom. The molecule has 0 radical (unpaired) electrons. The number of carboxylic acids is 1. The van der Waals surface area contributed by atoms with E-state index in [2.05, 4.69) is 0 Å². The molecule has 166 valence electrons. The van der Waals surface area contributed by atoms with Gasteiger partial charge in [-0.1, -0.05) is 66.7 Å². The van der Waals surface area contributed by atoms with Gasteiger partial charge in [-0.3, -0.25) is 8.51 Å². The molecular formula is C27H22NO4S-. The lowest BCUT2D eigenvalue weighted by Crippen LogP contribution is -2.19. The Kier molecular flexibility index (Phi) is 6.98. The minimum atomic E-state index is -2.49. The van der Waals surface area contributed by atoms with E-state index in [1.54, 1.807) is 36.4 Å². The Bertz CT molecular complexity index is 1270. The molecule has 0 aliphatic rings. The fraction of sp³-hybridized carbons (Fsp3) is 0.0741. The predicted molar refractivity (Wildman–Crippen MR) is 130 cm³/mol. The van der Waals surface area contributed by atoms with Crippen LogP contribution in [0.3, 0.4) is 0 Å². The third-order valence-electron chi connectivity index (χ3n) is 5.38. The van der Waals surface area contributed by atoms with Crippen LogP contribution >= 0.6 is 0 Å². The largest absolute Gasteiger partial charge is 0.755 e. The first-order valence-electron chi connectivity index (χ1n) is 10.5. The van der Waals surface area contributed by atoms with E-state index in [0.29, 0.717) is 24.2 Å². The number of nitrogens with zero attached hydrogens (tertiary/aromatic N) is 1. The van der Waals surface area contributed by atoms with Crippen LogP contribution in [0.15, 0.2) is 103 Å². The number of hydrogen-bond acceptors (Lipinski definition) is 3. The lowest BCUT2D eigenvalue weighted by Gasteiger charge is -2.27. The number of benzene rings is 4. The molecule has 0 saturated heterocycles. The summed E-state index contributed by atoms with van der Waals surface area (Å²) in [6.07, 6.45) is 1.31.